The standard InChI is InChI=1S/C18H18ClF3N2O2/c1-11(16(23)12-5-3-2-4-6-12)17(25)24-14-8-7-13(19)9-15(14)26-10-18(20,21)22/h2-9,11,16H,10,23H2,1H3,(H,24,25). The van der Waals surface area contributed by atoms with Crippen LogP contribution in [0.4, 0.5) is 18.9 Å². The Morgan fingerprint density at radius 2 is 1.88 bits per heavy atom. The number of nitrogens with one attached hydrogen (secondary N) is 1. The molecule has 0 radical (unpaired) electrons. The van der Waals surface area contributed by atoms with Gasteiger partial charge in [-0.25, -0.2) is 0 Å². The van der Waals surface area contributed by atoms with E-state index in [1.807, 2.05) is 18.2 Å². The van der Waals surface area contributed by atoms with Crippen LogP contribution in [0, 0.1) is 5.92 Å². The van der Waals surface area contributed by atoms with Crippen LogP contribution in [-0.2, 0) is 4.79 Å². The van der Waals surface area contributed by atoms with E-state index in [4.69, 9.17) is 22.1 Å². The molecule has 4 nitrogen and oxygen atoms in total. The molecule has 0 saturated heterocycles. The molecule has 140 valence electrons. The third kappa shape index (κ3) is 5.64. The van der Waals surface area contributed by atoms with E-state index in [2.05, 4.69) is 5.32 Å². The number of benzene rings is 2. The quantitative estimate of drug-likeness (QED) is 0.765. The van der Waals surface area contributed by atoms with E-state index >= 15 is 0 Å². The number of carbonyl (C=O) groups is 1. The zero-order valence-corrected chi connectivity index (χ0v) is 14.6. The van der Waals surface area contributed by atoms with Crippen molar-refractivity contribution in [3.63, 3.8) is 0 Å². The molecule has 2 aromatic carbocycles. The monoisotopic (exact) mass is 386 g/mol. The molecule has 0 aliphatic heterocycles. The Hall–Kier alpha value is -2.25. The number of hydrogen-bond donors (Lipinski definition) is 2. The van der Waals surface area contributed by atoms with Crippen LogP contribution < -0.4 is 15.8 Å². The first-order chi connectivity index (χ1) is 12.2. The number of halogens is 4. The summed E-state index contributed by atoms with van der Waals surface area (Å²) in [7, 11) is 0. The molecule has 0 spiro atoms. The highest BCUT2D eigenvalue weighted by Gasteiger charge is 2.29. The minimum atomic E-state index is -4.51. The number of anilines is 1. The fourth-order valence-corrected chi connectivity index (χ4v) is 2.41. The van der Waals surface area contributed by atoms with Crippen LogP contribution in [0.3, 0.4) is 0 Å². The fourth-order valence-electron chi connectivity index (χ4n) is 2.25. The van der Waals surface area contributed by atoms with Gasteiger partial charge in [-0.05, 0) is 17.7 Å². The number of nitrogens with two attached hydrogens (primary N) is 1. The molecule has 2 aromatic rings. The molecule has 0 aromatic heterocycles. The Balaban J connectivity index is 2.12. The van der Waals surface area contributed by atoms with Gasteiger partial charge in [0.25, 0.3) is 0 Å². The van der Waals surface area contributed by atoms with Gasteiger partial charge in [0.1, 0.15) is 5.75 Å². The van der Waals surface area contributed by atoms with Gasteiger partial charge in [-0.3, -0.25) is 4.79 Å². The van der Waals surface area contributed by atoms with Crippen molar-refractivity contribution in [3.8, 4) is 5.75 Å². The van der Waals surface area contributed by atoms with Gasteiger partial charge in [-0.1, -0.05) is 48.9 Å². The third-order valence-electron chi connectivity index (χ3n) is 3.73. The molecule has 0 heterocycles. The molecule has 1 amide bonds. The van der Waals surface area contributed by atoms with Crippen molar-refractivity contribution < 1.29 is 22.7 Å². The predicted molar refractivity (Wildman–Crippen MR) is 94.2 cm³/mol. The minimum absolute atomic E-state index is 0.0933. The summed E-state index contributed by atoms with van der Waals surface area (Å²) >= 11 is 5.80. The van der Waals surface area contributed by atoms with Crippen LogP contribution in [0.1, 0.15) is 18.5 Å². The van der Waals surface area contributed by atoms with E-state index < -0.39 is 30.7 Å². The number of carbonyl (C=O) groups excluding carboxylic acids is 1. The Morgan fingerprint density at radius 1 is 1.23 bits per heavy atom. The van der Waals surface area contributed by atoms with Crippen molar-refractivity contribution in [1.29, 1.82) is 0 Å². The fraction of sp³-hybridized carbons (Fsp3) is 0.278. The molecule has 0 aliphatic rings. The van der Waals surface area contributed by atoms with Crippen molar-refractivity contribution in [2.45, 2.75) is 19.1 Å². The molecular weight excluding hydrogens is 369 g/mol. The van der Waals surface area contributed by atoms with E-state index in [-0.39, 0.29) is 16.5 Å². The Morgan fingerprint density at radius 3 is 2.50 bits per heavy atom. The topological polar surface area (TPSA) is 64.3 Å². The van der Waals surface area contributed by atoms with Crippen LogP contribution in [0.2, 0.25) is 5.02 Å². The molecule has 2 rings (SSSR count). The van der Waals surface area contributed by atoms with Gasteiger partial charge in [-0.2, -0.15) is 13.2 Å². The van der Waals surface area contributed by atoms with E-state index in [0.717, 1.165) is 5.56 Å². The first kappa shape index (κ1) is 20.1. The summed E-state index contributed by atoms with van der Waals surface area (Å²) in [5.74, 6) is -1.23. The first-order valence-electron chi connectivity index (χ1n) is 7.78. The van der Waals surface area contributed by atoms with Gasteiger partial charge in [0.2, 0.25) is 5.91 Å². The highest BCUT2D eigenvalue weighted by Crippen LogP contribution is 2.31. The molecule has 0 saturated carbocycles. The third-order valence-corrected chi connectivity index (χ3v) is 3.96. The highest BCUT2D eigenvalue weighted by atomic mass is 35.5. The van der Waals surface area contributed by atoms with Gasteiger partial charge < -0.3 is 15.8 Å². The molecule has 26 heavy (non-hydrogen) atoms. The Bertz CT molecular complexity index is 754. The van der Waals surface area contributed by atoms with Crippen LogP contribution in [0.5, 0.6) is 5.75 Å². The molecule has 3 N–H and O–H groups in total. The molecule has 0 bridgehead atoms. The largest absolute Gasteiger partial charge is 0.482 e. The van der Waals surface area contributed by atoms with Crippen molar-refractivity contribution in [2.24, 2.45) is 11.7 Å². The van der Waals surface area contributed by atoms with Crippen LogP contribution in [-0.4, -0.2) is 18.7 Å². The zero-order valence-electron chi connectivity index (χ0n) is 13.9. The van der Waals surface area contributed by atoms with Crippen molar-refractivity contribution in [3.05, 3.63) is 59.1 Å². The maximum absolute atomic E-state index is 12.5. The lowest BCUT2D eigenvalue weighted by Gasteiger charge is -2.21. The maximum Gasteiger partial charge on any atom is 0.422 e. The summed E-state index contributed by atoms with van der Waals surface area (Å²) in [5.41, 5.74) is 6.98. The minimum Gasteiger partial charge on any atom is -0.482 e. The molecule has 0 aliphatic carbocycles. The zero-order chi connectivity index (χ0) is 19.3. The predicted octanol–water partition coefficient (Wildman–Crippen LogP) is 4.56. The van der Waals surface area contributed by atoms with E-state index in [1.54, 1.807) is 19.1 Å². The SMILES string of the molecule is CC(C(=O)Nc1ccc(Cl)cc1OCC(F)(F)F)C(N)c1ccccc1. The van der Waals surface area contributed by atoms with Crippen LogP contribution in [0.25, 0.3) is 0 Å². The van der Waals surface area contributed by atoms with Crippen LogP contribution >= 0.6 is 11.6 Å². The summed E-state index contributed by atoms with van der Waals surface area (Å²) in [6.45, 7) is 0.147. The normalized spacial score (nSPS) is 13.8. The summed E-state index contributed by atoms with van der Waals surface area (Å²) in [6, 6.07) is 12.5. The summed E-state index contributed by atoms with van der Waals surface area (Å²) in [6.07, 6.45) is -4.51. The molecule has 2 unspecified atom stereocenters. The molecule has 0 fully saturated rings. The van der Waals surface area contributed by atoms with Crippen molar-refractivity contribution in [2.75, 3.05) is 11.9 Å². The van der Waals surface area contributed by atoms with Gasteiger partial charge in [0.05, 0.1) is 11.6 Å². The second-order valence-corrected chi connectivity index (χ2v) is 6.20. The lowest BCUT2D eigenvalue weighted by molar-refractivity contribution is -0.153. The average Bonchev–Trinajstić information content (AvgIpc) is 2.60. The molecule has 8 heteroatoms. The number of hydrogen-bond acceptors (Lipinski definition) is 3. The smallest absolute Gasteiger partial charge is 0.422 e. The second kappa shape index (κ2) is 8.42. The molecular formula is C18H18ClF3N2O2. The van der Waals surface area contributed by atoms with Crippen molar-refractivity contribution in [1.82, 2.24) is 0 Å². The lowest BCUT2D eigenvalue weighted by atomic mass is 9.94. The highest BCUT2D eigenvalue weighted by molar-refractivity contribution is 6.30. The van der Waals surface area contributed by atoms with Gasteiger partial charge >= 0.3 is 6.18 Å². The number of rotatable bonds is 6. The Labute approximate surface area is 154 Å². The Kier molecular flexibility index (Phi) is 6.50. The van der Waals surface area contributed by atoms with Gasteiger partial charge in [0, 0.05) is 17.1 Å². The number of alkyl halides is 3. The maximum atomic E-state index is 12.5. The van der Waals surface area contributed by atoms with E-state index in [0.29, 0.717) is 0 Å². The summed E-state index contributed by atoms with van der Waals surface area (Å²) < 4.78 is 41.9. The van der Waals surface area contributed by atoms with Gasteiger partial charge in [0.15, 0.2) is 6.61 Å². The summed E-state index contributed by atoms with van der Waals surface area (Å²) in [4.78, 5) is 12.5. The number of amides is 1. The first-order valence-corrected chi connectivity index (χ1v) is 8.15. The van der Waals surface area contributed by atoms with E-state index in [1.165, 1.54) is 18.2 Å². The van der Waals surface area contributed by atoms with Crippen LogP contribution in [0.15, 0.2) is 48.5 Å². The van der Waals surface area contributed by atoms with E-state index in [9.17, 15) is 18.0 Å². The average molecular weight is 387 g/mol. The summed E-state index contributed by atoms with van der Waals surface area (Å²) in [5, 5.41) is 2.74. The van der Waals surface area contributed by atoms with Gasteiger partial charge in [-0.15, -0.1) is 0 Å². The molecule has 2 atom stereocenters. The number of ether oxygens (including phenoxy) is 1. The lowest BCUT2D eigenvalue weighted by Crippen LogP contribution is -2.30. The van der Waals surface area contributed by atoms with Crippen molar-refractivity contribution >= 4 is 23.2 Å². The second-order valence-electron chi connectivity index (χ2n) is 5.76.